The molecule has 0 unspecified atom stereocenters. The van der Waals surface area contributed by atoms with Gasteiger partial charge in [-0.2, -0.15) is 0 Å². The molecule has 0 heterocycles. The quantitative estimate of drug-likeness (QED) is 0.319. The molecule has 2 aromatic rings. The monoisotopic (exact) mass is 523 g/mol. The standard InChI is InChI=1S/C10H15O3P.C6H5Br.C4H10O3P.CH4/c1-3-12-14(11,13-4-2)10-8-6-5-7-9-10;7-6-4-2-1-3-5-6;1-3-6-8(5)7-4-2;/h5-9H,3-4H2,1-2H3;1-5H;3-4H2,1-2H3;1H4/q;;+1;. The molecule has 6 nitrogen and oxygen atoms in total. The Labute approximate surface area is 190 Å². The second-order valence-corrected chi connectivity index (χ2v) is 8.93. The minimum absolute atomic E-state index is 0. The van der Waals surface area contributed by atoms with Crippen molar-refractivity contribution in [1.29, 1.82) is 0 Å². The predicted octanol–water partition coefficient (Wildman–Crippen LogP) is 7.38. The Balaban J connectivity index is 0. The molecule has 170 valence electrons. The number of hydrogen-bond donors (Lipinski definition) is 0. The summed E-state index contributed by atoms with van der Waals surface area (Å²) in [5, 5.41) is 0.615. The second kappa shape index (κ2) is 20.0. The first-order valence-corrected chi connectivity index (χ1v) is 12.7. The Morgan fingerprint density at radius 2 is 1.17 bits per heavy atom. The molecule has 0 atom stereocenters. The van der Waals surface area contributed by atoms with Gasteiger partial charge in [0.05, 0.1) is 18.5 Å². The Bertz CT molecular complexity index is 683. The first kappa shape index (κ1) is 31.3. The van der Waals surface area contributed by atoms with E-state index >= 15 is 0 Å². The molecule has 0 radical (unpaired) electrons. The fourth-order valence-electron chi connectivity index (χ4n) is 1.80. The van der Waals surface area contributed by atoms with Crippen molar-refractivity contribution in [3.8, 4) is 0 Å². The molecule has 2 rings (SSSR count). The van der Waals surface area contributed by atoms with Gasteiger partial charge in [-0.15, -0.1) is 9.05 Å². The van der Waals surface area contributed by atoms with Crippen LogP contribution < -0.4 is 5.30 Å². The van der Waals surface area contributed by atoms with E-state index in [0.29, 0.717) is 31.7 Å². The highest BCUT2D eigenvalue weighted by Gasteiger charge is 2.25. The van der Waals surface area contributed by atoms with Gasteiger partial charge in [-0.3, -0.25) is 4.57 Å². The first-order valence-electron chi connectivity index (χ1n) is 9.31. The van der Waals surface area contributed by atoms with Crippen LogP contribution in [0.1, 0.15) is 35.1 Å². The highest BCUT2D eigenvalue weighted by atomic mass is 79.9. The third-order valence-corrected chi connectivity index (χ3v) is 6.47. The van der Waals surface area contributed by atoms with Crippen molar-refractivity contribution in [3.05, 3.63) is 65.1 Å². The summed E-state index contributed by atoms with van der Waals surface area (Å²) < 4.78 is 43.2. The molecule has 0 aliphatic rings. The molecule has 0 aromatic heterocycles. The molecule has 9 heteroatoms. The summed E-state index contributed by atoms with van der Waals surface area (Å²) in [6.07, 6.45) is 0. The Morgan fingerprint density at radius 3 is 1.47 bits per heavy atom. The molecule has 0 aliphatic carbocycles. The van der Waals surface area contributed by atoms with Crippen molar-refractivity contribution in [3.63, 3.8) is 0 Å². The van der Waals surface area contributed by atoms with Gasteiger partial charge in [0.2, 0.25) is 0 Å². The third kappa shape index (κ3) is 15.0. The molecule has 30 heavy (non-hydrogen) atoms. The van der Waals surface area contributed by atoms with Gasteiger partial charge < -0.3 is 9.05 Å². The Hall–Kier alpha value is -0.910. The summed E-state index contributed by atoms with van der Waals surface area (Å²) in [6, 6.07) is 19.0. The van der Waals surface area contributed by atoms with Gasteiger partial charge in [-0.05, 0) is 52.0 Å². The molecular formula is C21H34BrO6P2+. The zero-order valence-electron chi connectivity index (χ0n) is 17.3. The lowest BCUT2D eigenvalue weighted by Gasteiger charge is -2.16. The van der Waals surface area contributed by atoms with Gasteiger partial charge in [0.25, 0.3) is 0 Å². The summed E-state index contributed by atoms with van der Waals surface area (Å²) in [7, 11) is -4.90. The molecule has 0 saturated carbocycles. The van der Waals surface area contributed by atoms with E-state index in [9.17, 15) is 9.13 Å². The van der Waals surface area contributed by atoms with Gasteiger partial charge in [0.1, 0.15) is 13.2 Å². The topological polar surface area (TPSA) is 71.1 Å². The van der Waals surface area contributed by atoms with E-state index in [0.717, 1.165) is 4.47 Å². The van der Waals surface area contributed by atoms with Crippen molar-refractivity contribution in [2.75, 3.05) is 26.4 Å². The number of hydrogen-bond acceptors (Lipinski definition) is 6. The van der Waals surface area contributed by atoms with Crippen LogP contribution in [0.2, 0.25) is 0 Å². The molecule has 0 N–H and O–H groups in total. The number of rotatable bonds is 9. The average Bonchev–Trinajstić information content (AvgIpc) is 2.71. The van der Waals surface area contributed by atoms with Crippen LogP contribution in [-0.2, 0) is 27.2 Å². The van der Waals surface area contributed by atoms with Crippen LogP contribution in [-0.4, -0.2) is 26.4 Å². The zero-order valence-corrected chi connectivity index (χ0v) is 20.7. The summed E-state index contributed by atoms with van der Waals surface area (Å²) in [5.74, 6) is 0. The Morgan fingerprint density at radius 1 is 0.767 bits per heavy atom. The average molecular weight is 524 g/mol. The van der Waals surface area contributed by atoms with Crippen LogP contribution >= 0.6 is 31.8 Å². The maximum Gasteiger partial charge on any atom is 0.697 e. The van der Waals surface area contributed by atoms with Crippen molar-refractivity contribution in [2.24, 2.45) is 0 Å². The maximum atomic E-state index is 12.2. The van der Waals surface area contributed by atoms with Crippen molar-refractivity contribution in [2.45, 2.75) is 35.1 Å². The lowest BCUT2D eigenvalue weighted by molar-refractivity contribution is 0.230. The van der Waals surface area contributed by atoms with E-state index in [1.165, 1.54) is 0 Å². The first-order chi connectivity index (χ1) is 13.9. The van der Waals surface area contributed by atoms with Crippen molar-refractivity contribution in [1.82, 2.24) is 0 Å². The number of halogens is 1. The van der Waals surface area contributed by atoms with Crippen LogP contribution in [0.5, 0.6) is 0 Å². The lowest BCUT2D eigenvalue weighted by atomic mass is 10.4. The molecule has 0 spiro atoms. The van der Waals surface area contributed by atoms with Gasteiger partial charge in [-0.25, -0.2) is 0 Å². The Kier molecular flexibility index (Phi) is 20.9. The third-order valence-electron chi connectivity index (χ3n) is 2.87. The summed E-state index contributed by atoms with van der Waals surface area (Å²) in [6.45, 7) is 8.78. The highest BCUT2D eigenvalue weighted by molar-refractivity contribution is 9.10. The fourth-order valence-corrected chi connectivity index (χ4v) is 4.19. The highest BCUT2D eigenvalue weighted by Crippen LogP contribution is 2.46. The van der Waals surface area contributed by atoms with E-state index in [2.05, 4.69) is 25.0 Å². The molecule has 0 fully saturated rings. The summed E-state index contributed by atoms with van der Waals surface area (Å²) >= 11 is 3.31. The van der Waals surface area contributed by atoms with Gasteiger partial charge in [-0.1, -0.05) is 59.8 Å². The summed E-state index contributed by atoms with van der Waals surface area (Å²) in [5.41, 5.74) is 0. The van der Waals surface area contributed by atoms with E-state index < -0.39 is 15.9 Å². The normalized spacial score (nSPS) is 9.90. The van der Waals surface area contributed by atoms with Crippen LogP contribution in [0.25, 0.3) is 0 Å². The van der Waals surface area contributed by atoms with Crippen LogP contribution in [0.15, 0.2) is 65.1 Å². The van der Waals surface area contributed by atoms with E-state index in [4.69, 9.17) is 9.05 Å². The molecule has 2 aromatic carbocycles. The van der Waals surface area contributed by atoms with Gasteiger partial charge >= 0.3 is 15.9 Å². The zero-order chi connectivity index (χ0) is 22.0. The smallest absolute Gasteiger partial charge is 0.305 e. The molecular weight excluding hydrogens is 490 g/mol. The van der Waals surface area contributed by atoms with Crippen LogP contribution in [0.4, 0.5) is 0 Å². The minimum atomic E-state index is -3.07. The van der Waals surface area contributed by atoms with Gasteiger partial charge in [0.15, 0.2) is 0 Å². The molecule has 0 amide bonds. The fraction of sp³-hybridized carbons (Fsp3) is 0.429. The second-order valence-electron chi connectivity index (χ2n) is 5.02. The maximum absolute atomic E-state index is 12.2. The van der Waals surface area contributed by atoms with E-state index in [1.807, 2.05) is 48.5 Å². The van der Waals surface area contributed by atoms with Crippen molar-refractivity contribution < 1.29 is 27.2 Å². The van der Waals surface area contributed by atoms with Crippen molar-refractivity contribution >= 4 is 37.1 Å². The predicted molar refractivity (Wildman–Crippen MR) is 129 cm³/mol. The largest absolute Gasteiger partial charge is 0.697 e. The molecule has 0 saturated heterocycles. The van der Waals surface area contributed by atoms with Crippen LogP contribution in [0.3, 0.4) is 0 Å². The van der Waals surface area contributed by atoms with Crippen LogP contribution in [0, 0.1) is 0 Å². The summed E-state index contributed by atoms with van der Waals surface area (Å²) in [4.78, 5) is 0. The lowest BCUT2D eigenvalue weighted by Crippen LogP contribution is -2.09. The minimum Gasteiger partial charge on any atom is -0.305 e. The molecule has 0 bridgehead atoms. The van der Waals surface area contributed by atoms with E-state index in [1.54, 1.807) is 39.8 Å². The molecule has 0 aliphatic heterocycles. The van der Waals surface area contributed by atoms with E-state index in [-0.39, 0.29) is 7.43 Å². The SMILES string of the molecule is Brc1ccccc1.C.CCOP(=O)(OCC)c1ccccc1.CCO[P+](=O)OCC. The number of benzene rings is 2. The van der Waals surface area contributed by atoms with Gasteiger partial charge in [0, 0.05) is 9.04 Å².